The van der Waals surface area contributed by atoms with Gasteiger partial charge in [0, 0.05) is 24.7 Å². The highest BCUT2D eigenvalue weighted by Crippen LogP contribution is 2.19. The summed E-state index contributed by atoms with van der Waals surface area (Å²) in [5.41, 5.74) is 3.62. The summed E-state index contributed by atoms with van der Waals surface area (Å²) in [7, 11) is 1.83. The van der Waals surface area contributed by atoms with Crippen molar-refractivity contribution < 1.29 is 4.74 Å². The number of nitrogens with zero attached hydrogens (tertiary/aromatic N) is 3. The molecule has 2 aromatic rings. The van der Waals surface area contributed by atoms with Crippen LogP contribution in [0.3, 0.4) is 0 Å². The largest absolute Gasteiger partial charge is 0.489 e. The van der Waals surface area contributed by atoms with Crippen molar-refractivity contribution in [3.8, 4) is 5.75 Å². The van der Waals surface area contributed by atoms with E-state index in [1.165, 1.54) is 0 Å². The van der Waals surface area contributed by atoms with E-state index in [0.717, 1.165) is 5.69 Å². The van der Waals surface area contributed by atoms with E-state index in [-0.39, 0.29) is 12.1 Å². The van der Waals surface area contributed by atoms with E-state index >= 15 is 0 Å². The molecular weight excluding hydrogens is 278 g/mol. The minimum atomic E-state index is -0.138. The van der Waals surface area contributed by atoms with Crippen LogP contribution in [0.15, 0.2) is 30.5 Å². The predicted molar refractivity (Wildman–Crippen MR) is 77.4 cm³/mol. The Morgan fingerprint density at radius 1 is 1.50 bits per heavy atom. The number of hydrazine groups is 1. The Balaban J connectivity index is 1.99. The van der Waals surface area contributed by atoms with Crippen LogP contribution in [0.1, 0.15) is 12.6 Å². The molecule has 0 aliphatic carbocycles. The maximum atomic E-state index is 5.93. The Morgan fingerprint density at radius 3 is 2.90 bits per heavy atom. The first-order valence-corrected chi connectivity index (χ1v) is 6.70. The lowest BCUT2D eigenvalue weighted by Gasteiger charge is -2.23. The molecule has 0 spiro atoms. The van der Waals surface area contributed by atoms with Crippen molar-refractivity contribution in [3.63, 3.8) is 0 Å². The fourth-order valence-electron chi connectivity index (χ4n) is 1.91. The van der Waals surface area contributed by atoms with Gasteiger partial charge in [0.25, 0.3) is 0 Å². The Hall–Kier alpha value is -1.63. The fourth-order valence-corrected chi connectivity index (χ4v) is 2.09. The van der Waals surface area contributed by atoms with Gasteiger partial charge >= 0.3 is 0 Å². The first kappa shape index (κ1) is 14.8. The lowest BCUT2D eigenvalue weighted by molar-refractivity contribution is 0.169. The SMILES string of the molecule is CC(Oc1cccc(Cl)c1)C(Cc1cn(C)nn1)NN. The van der Waals surface area contributed by atoms with Crippen LogP contribution in [0.5, 0.6) is 5.75 Å². The standard InChI is InChI=1S/C13H18ClN5O/c1-9(20-12-5-3-4-10(14)6-12)13(16-15)7-11-8-19(2)18-17-11/h3-6,8-9,13,16H,7,15H2,1-2H3. The number of aromatic nitrogens is 3. The molecule has 1 aromatic heterocycles. The maximum Gasteiger partial charge on any atom is 0.121 e. The predicted octanol–water partition coefficient (Wildman–Crippen LogP) is 1.31. The fraction of sp³-hybridized carbons (Fsp3) is 0.385. The molecule has 0 aliphatic heterocycles. The highest BCUT2D eigenvalue weighted by atomic mass is 35.5. The molecule has 6 nitrogen and oxygen atoms in total. The number of nitrogens with two attached hydrogens (primary N) is 1. The first-order chi connectivity index (χ1) is 9.58. The molecule has 0 saturated carbocycles. The molecule has 0 bridgehead atoms. The van der Waals surface area contributed by atoms with Gasteiger partial charge in [-0.2, -0.15) is 0 Å². The van der Waals surface area contributed by atoms with Gasteiger partial charge in [-0.1, -0.05) is 22.9 Å². The summed E-state index contributed by atoms with van der Waals surface area (Å²) in [6.45, 7) is 1.95. The molecule has 20 heavy (non-hydrogen) atoms. The van der Waals surface area contributed by atoms with Crippen molar-refractivity contribution in [2.24, 2.45) is 12.9 Å². The molecule has 1 heterocycles. The number of benzene rings is 1. The summed E-state index contributed by atoms with van der Waals surface area (Å²) in [6.07, 6.45) is 2.35. The molecule has 0 radical (unpaired) electrons. The molecule has 3 N–H and O–H groups in total. The van der Waals surface area contributed by atoms with Crippen LogP contribution in [-0.4, -0.2) is 27.1 Å². The van der Waals surface area contributed by atoms with E-state index in [1.807, 2.05) is 32.3 Å². The van der Waals surface area contributed by atoms with E-state index in [9.17, 15) is 0 Å². The molecule has 2 unspecified atom stereocenters. The molecule has 7 heteroatoms. The van der Waals surface area contributed by atoms with Gasteiger partial charge in [-0.3, -0.25) is 16.0 Å². The number of hydrogen-bond acceptors (Lipinski definition) is 5. The van der Waals surface area contributed by atoms with Crippen molar-refractivity contribution in [2.75, 3.05) is 0 Å². The van der Waals surface area contributed by atoms with Crippen molar-refractivity contribution in [3.05, 3.63) is 41.2 Å². The third-order valence-corrected chi connectivity index (χ3v) is 3.21. The van der Waals surface area contributed by atoms with Gasteiger partial charge in [0.2, 0.25) is 0 Å². The molecule has 0 aliphatic rings. The van der Waals surface area contributed by atoms with Gasteiger partial charge < -0.3 is 4.74 Å². The van der Waals surface area contributed by atoms with Crippen molar-refractivity contribution in [1.29, 1.82) is 0 Å². The highest BCUT2D eigenvalue weighted by Gasteiger charge is 2.19. The summed E-state index contributed by atoms with van der Waals surface area (Å²) in [5.74, 6) is 6.31. The summed E-state index contributed by atoms with van der Waals surface area (Å²) >= 11 is 5.93. The van der Waals surface area contributed by atoms with Gasteiger partial charge in [0.1, 0.15) is 11.9 Å². The van der Waals surface area contributed by atoms with Crippen LogP contribution in [0.4, 0.5) is 0 Å². The van der Waals surface area contributed by atoms with Crippen molar-refractivity contribution >= 4 is 11.6 Å². The zero-order valence-corrected chi connectivity index (χ0v) is 12.2. The Kier molecular flexibility index (Phi) is 4.94. The van der Waals surface area contributed by atoms with E-state index in [4.69, 9.17) is 22.2 Å². The van der Waals surface area contributed by atoms with E-state index in [2.05, 4.69) is 15.7 Å². The van der Waals surface area contributed by atoms with Crippen molar-refractivity contribution in [2.45, 2.75) is 25.5 Å². The number of hydrogen-bond donors (Lipinski definition) is 2. The third kappa shape index (κ3) is 3.93. The highest BCUT2D eigenvalue weighted by molar-refractivity contribution is 6.30. The van der Waals surface area contributed by atoms with Crippen LogP contribution in [0, 0.1) is 0 Å². The smallest absolute Gasteiger partial charge is 0.121 e. The lowest BCUT2D eigenvalue weighted by atomic mass is 10.1. The van der Waals surface area contributed by atoms with Crippen LogP contribution in [0.2, 0.25) is 5.02 Å². The number of nitrogens with one attached hydrogen (secondary N) is 1. The molecule has 1 aromatic carbocycles. The molecule has 0 fully saturated rings. The topological polar surface area (TPSA) is 78.0 Å². The molecule has 0 saturated heterocycles. The molecular formula is C13H18ClN5O. The minimum Gasteiger partial charge on any atom is -0.489 e. The zero-order valence-electron chi connectivity index (χ0n) is 11.5. The van der Waals surface area contributed by atoms with Gasteiger partial charge in [-0.15, -0.1) is 5.10 Å². The quantitative estimate of drug-likeness (QED) is 0.620. The number of ether oxygens (including phenoxy) is 1. The van der Waals surface area contributed by atoms with Gasteiger partial charge in [-0.05, 0) is 25.1 Å². The third-order valence-electron chi connectivity index (χ3n) is 2.98. The second kappa shape index (κ2) is 6.69. The summed E-state index contributed by atoms with van der Waals surface area (Å²) in [4.78, 5) is 0. The van der Waals surface area contributed by atoms with Crippen molar-refractivity contribution in [1.82, 2.24) is 20.4 Å². The monoisotopic (exact) mass is 295 g/mol. The number of halogens is 1. The molecule has 0 amide bonds. The Labute approximate surface area is 122 Å². The van der Waals surface area contributed by atoms with Crippen LogP contribution >= 0.6 is 11.6 Å². The van der Waals surface area contributed by atoms with Crippen LogP contribution in [-0.2, 0) is 13.5 Å². The summed E-state index contributed by atoms with van der Waals surface area (Å²) in [5, 5.41) is 8.59. The minimum absolute atomic E-state index is 0.0781. The molecule has 2 atom stereocenters. The Morgan fingerprint density at radius 2 is 2.30 bits per heavy atom. The second-order valence-electron chi connectivity index (χ2n) is 4.64. The average molecular weight is 296 g/mol. The molecule has 108 valence electrons. The van der Waals surface area contributed by atoms with Gasteiger partial charge in [-0.25, -0.2) is 0 Å². The van der Waals surface area contributed by atoms with E-state index < -0.39 is 0 Å². The maximum absolute atomic E-state index is 5.93. The van der Waals surface area contributed by atoms with Crippen LogP contribution in [0.25, 0.3) is 0 Å². The average Bonchev–Trinajstić information content (AvgIpc) is 2.81. The normalized spacial score (nSPS) is 14.0. The van der Waals surface area contributed by atoms with Crippen LogP contribution < -0.4 is 16.0 Å². The van der Waals surface area contributed by atoms with E-state index in [1.54, 1.807) is 16.8 Å². The number of rotatable bonds is 6. The summed E-state index contributed by atoms with van der Waals surface area (Å²) in [6, 6.07) is 7.20. The van der Waals surface area contributed by atoms with Gasteiger partial charge in [0.15, 0.2) is 0 Å². The second-order valence-corrected chi connectivity index (χ2v) is 5.08. The van der Waals surface area contributed by atoms with E-state index in [0.29, 0.717) is 17.2 Å². The zero-order chi connectivity index (χ0) is 14.5. The summed E-state index contributed by atoms with van der Waals surface area (Å²) < 4.78 is 7.50. The number of aryl methyl sites for hydroxylation is 1. The van der Waals surface area contributed by atoms with Gasteiger partial charge in [0.05, 0.1) is 11.7 Å². The lowest BCUT2D eigenvalue weighted by Crippen LogP contribution is -2.46. The molecule has 2 rings (SSSR count). The Bertz CT molecular complexity index is 559. The first-order valence-electron chi connectivity index (χ1n) is 6.32.